The molecule has 0 saturated heterocycles. The first kappa shape index (κ1) is 16.4. The third-order valence-corrected chi connectivity index (χ3v) is 3.36. The van der Waals surface area contributed by atoms with E-state index in [1.807, 2.05) is 24.3 Å². The van der Waals surface area contributed by atoms with Gasteiger partial charge in [0.1, 0.15) is 5.75 Å². The number of alkyl halides is 3. The minimum atomic E-state index is -4.28. The summed E-state index contributed by atoms with van der Waals surface area (Å²) < 4.78 is 42.4. The van der Waals surface area contributed by atoms with Crippen molar-refractivity contribution < 1.29 is 17.9 Å². The number of hydrogen-bond acceptors (Lipinski definition) is 2. The van der Waals surface area contributed by atoms with Gasteiger partial charge in [0.2, 0.25) is 0 Å². The van der Waals surface area contributed by atoms with Crippen LogP contribution in [0, 0.1) is 0 Å². The van der Waals surface area contributed by atoms with Crippen LogP contribution >= 0.6 is 0 Å². The molecule has 5 heteroatoms. The number of ether oxygens (including phenoxy) is 1. The molecular weight excluding hydrogens is 291 g/mol. The van der Waals surface area contributed by atoms with Crippen molar-refractivity contribution in [2.45, 2.75) is 19.1 Å². The average molecular weight is 309 g/mol. The highest BCUT2D eigenvalue weighted by atomic mass is 19.4. The van der Waals surface area contributed by atoms with Gasteiger partial charge in [0.05, 0.1) is 12.7 Å². The minimum absolute atomic E-state index is 0.550. The highest BCUT2D eigenvalue weighted by molar-refractivity contribution is 5.27. The van der Waals surface area contributed by atoms with Gasteiger partial charge in [-0.25, -0.2) is 0 Å². The normalized spacial score (nSPS) is 11.5. The lowest BCUT2D eigenvalue weighted by molar-refractivity contribution is -0.137. The largest absolute Gasteiger partial charge is 0.497 e. The predicted octanol–water partition coefficient (Wildman–Crippen LogP) is 4.05. The SMILES string of the molecule is COc1ccc(CCNCc2ccc(C(F)(F)F)cc2)cc1. The summed E-state index contributed by atoms with van der Waals surface area (Å²) in [5.41, 5.74) is 1.40. The van der Waals surface area contributed by atoms with Crippen molar-refractivity contribution in [1.29, 1.82) is 0 Å². The van der Waals surface area contributed by atoms with Crippen molar-refractivity contribution in [3.8, 4) is 5.75 Å². The zero-order chi connectivity index (χ0) is 16.0. The molecule has 0 aromatic heterocycles. The van der Waals surface area contributed by atoms with Gasteiger partial charge in [-0.1, -0.05) is 24.3 Å². The number of nitrogens with one attached hydrogen (secondary N) is 1. The van der Waals surface area contributed by atoms with Gasteiger partial charge in [0.25, 0.3) is 0 Å². The number of halogens is 3. The predicted molar refractivity (Wildman–Crippen MR) is 79.8 cm³/mol. The Hall–Kier alpha value is -2.01. The van der Waals surface area contributed by atoms with E-state index in [0.29, 0.717) is 6.54 Å². The summed E-state index contributed by atoms with van der Waals surface area (Å²) in [6.45, 7) is 1.31. The first-order valence-electron chi connectivity index (χ1n) is 6.99. The van der Waals surface area contributed by atoms with Crippen LogP contribution in [0.1, 0.15) is 16.7 Å². The van der Waals surface area contributed by atoms with Crippen molar-refractivity contribution >= 4 is 0 Å². The van der Waals surface area contributed by atoms with Crippen LogP contribution in [0.2, 0.25) is 0 Å². The second-order valence-electron chi connectivity index (χ2n) is 4.97. The molecule has 2 aromatic rings. The Morgan fingerprint density at radius 3 is 2.05 bits per heavy atom. The molecule has 2 nitrogen and oxygen atoms in total. The van der Waals surface area contributed by atoms with Gasteiger partial charge in [-0.05, 0) is 48.4 Å². The van der Waals surface area contributed by atoms with Crippen LogP contribution in [0.4, 0.5) is 13.2 Å². The van der Waals surface area contributed by atoms with Crippen molar-refractivity contribution in [2.75, 3.05) is 13.7 Å². The number of methoxy groups -OCH3 is 1. The number of rotatable bonds is 6. The van der Waals surface area contributed by atoms with Gasteiger partial charge in [0.15, 0.2) is 0 Å². The van der Waals surface area contributed by atoms with Crippen molar-refractivity contribution in [3.05, 3.63) is 65.2 Å². The molecule has 0 aliphatic heterocycles. The zero-order valence-corrected chi connectivity index (χ0v) is 12.3. The van der Waals surface area contributed by atoms with E-state index in [1.54, 1.807) is 7.11 Å². The maximum atomic E-state index is 12.4. The average Bonchev–Trinajstić information content (AvgIpc) is 2.52. The van der Waals surface area contributed by atoms with Gasteiger partial charge in [-0.3, -0.25) is 0 Å². The molecule has 0 amide bonds. The molecule has 0 aliphatic carbocycles. The van der Waals surface area contributed by atoms with E-state index in [2.05, 4.69) is 5.32 Å². The topological polar surface area (TPSA) is 21.3 Å². The van der Waals surface area contributed by atoms with E-state index < -0.39 is 11.7 Å². The first-order chi connectivity index (χ1) is 10.5. The highest BCUT2D eigenvalue weighted by Gasteiger charge is 2.29. The van der Waals surface area contributed by atoms with Crippen molar-refractivity contribution in [2.24, 2.45) is 0 Å². The summed E-state index contributed by atoms with van der Waals surface area (Å²) in [4.78, 5) is 0. The van der Waals surface area contributed by atoms with Gasteiger partial charge in [-0.2, -0.15) is 13.2 Å². The van der Waals surface area contributed by atoms with Gasteiger partial charge >= 0.3 is 6.18 Å². The first-order valence-corrected chi connectivity index (χ1v) is 6.99. The molecule has 2 rings (SSSR count). The van der Waals surface area contributed by atoms with E-state index >= 15 is 0 Å². The van der Waals surface area contributed by atoms with Crippen LogP contribution in [0.5, 0.6) is 5.75 Å². The number of hydrogen-bond donors (Lipinski definition) is 1. The van der Waals surface area contributed by atoms with E-state index in [1.165, 1.54) is 17.7 Å². The van der Waals surface area contributed by atoms with Gasteiger partial charge in [-0.15, -0.1) is 0 Å². The molecule has 0 heterocycles. The molecule has 1 N–H and O–H groups in total. The molecule has 0 bridgehead atoms. The molecule has 0 spiro atoms. The van der Waals surface area contributed by atoms with Crippen LogP contribution in [-0.4, -0.2) is 13.7 Å². The molecule has 0 saturated carbocycles. The van der Waals surface area contributed by atoms with Crippen molar-refractivity contribution in [1.82, 2.24) is 5.32 Å². The monoisotopic (exact) mass is 309 g/mol. The molecule has 118 valence electrons. The molecule has 0 fully saturated rings. The summed E-state index contributed by atoms with van der Waals surface area (Å²) in [6, 6.07) is 13.0. The summed E-state index contributed by atoms with van der Waals surface area (Å²) in [5, 5.41) is 3.22. The van der Waals surface area contributed by atoms with E-state index in [-0.39, 0.29) is 0 Å². The summed E-state index contributed by atoms with van der Waals surface area (Å²) >= 11 is 0. The third kappa shape index (κ3) is 4.77. The summed E-state index contributed by atoms with van der Waals surface area (Å²) in [6.07, 6.45) is -3.43. The third-order valence-electron chi connectivity index (χ3n) is 3.36. The van der Waals surface area contributed by atoms with Crippen LogP contribution in [0.15, 0.2) is 48.5 Å². The smallest absolute Gasteiger partial charge is 0.416 e. The van der Waals surface area contributed by atoms with Crippen LogP contribution in [0.3, 0.4) is 0 Å². The molecule has 2 aromatic carbocycles. The molecule has 22 heavy (non-hydrogen) atoms. The fourth-order valence-corrected chi connectivity index (χ4v) is 2.07. The second-order valence-corrected chi connectivity index (χ2v) is 4.97. The van der Waals surface area contributed by atoms with Gasteiger partial charge < -0.3 is 10.1 Å². The minimum Gasteiger partial charge on any atom is -0.497 e. The highest BCUT2D eigenvalue weighted by Crippen LogP contribution is 2.29. The van der Waals surface area contributed by atoms with Crippen molar-refractivity contribution in [3.63, 3.8) is 0 Å². The van der Waals surface area contributed by atoms with Gasteiger partial charge in [0, 0.05) is 6.54 Å². The van der Waals surface area contributed by atoms with Crippen LogP contribution < -0.4 is 10.1 Å². The maximum Gasteiger partial charge on any atom is 0.416 e. The number of benzene rings is 2. The Morgan fingerprint density at radius 1 is 0.909 bits per heavy atom. The summed E-state index contributed by atoms with van der Waals surface area (Å²) in [7, 11) is 1.63. The second kappa shape index (κ2) is 7.31. The lowest BCUT2D eigenvalue weighted by atomic mass is 10.1. The molecule has 0 atom stereocenters. The lowest BCUT2D eigenvalue weighted by Gasteiger charge is -2.09. The standard InChI is InChI=1S/C17H18F3NO/c1-22-16-8-4-13(5-9-16)10-11-21-12-14-2-6-15(7-3-14)17(18,19)20/h2-9,21H,10-12H2,1H3. The fraction of sp³-hybridized carbons (Fsp3) is 0.294. The zero-order valence-electron chi connectivity index (χ0n) is 12.3. The maximum absolute atomic E-state index is 12.4. The fourth-order valence-electron chi connectivity index (χ4n) is 2.07. The van der Waals surface area contributed by atoms with E-state index in [0.717, 1.165) is 36.4 Å². The van der Waals surface area contributed by atoms with Crippen LogP contribution in [-0.2, 0) is 19.1 Å². The Balaban J connectivity index is 1.76. The Bertz CT molecular complexity index is 576. The molecular formula is C17H18F3NO. The Morgan fingerprint density at radius 2 is 1.50 bits per heavy atom. The molecule has 0 radical (unpaired) electrons. The molecule has 0 unspecified atom stereocenters. The quantitative estimate of drug-likeness (QED) is 0.813. The van der Waals surface area contributed by atoms with E-state index in [4.69, 9.17) is 4.74 Å². The Kier molecular flexibility index (Phi) is 5.44. The Labute approximate surface area is 127 Å². The lowest BCUT2D eigenvalue weighted by Crippen LogP contribution is -2.16. The summed E-state index contributed by atoms with van der Waals surface area (Å²) in [5.74, 6) is 0.821. The van der Waals surface area contributed by atoms with E-state index in [9.17, 15) is 13.2 Å². The van der Waals surface area contributed by atoms with Crippen LogP contribution in [0.25, 0.3) is 0 Å². The molecule has 0 aliphatic rings.